The number of nitrogens with zero attached hydrogens (tertiary/aromatic N) is 3. The molecule has 5 heteroatoms. The summed E-state index contributed by atoms with van der Waals surface area (Å²) in [5, 5.41) is 14.1. The summed E-state index contributed by atoms with van der Waals surface area (Å²) in [7, 11) is 0. The predicted molar refractivity (Wildman–Crippen MR) is 88.5 cm³/mol. The summed E-state index contributed by atoms with van der Waals surface area (Å²) in [6.07, 6.45) is 1.81. The van der Waals surface area contributed by atoms with E-state index in [9.17, 15) is 0 Å². The van der Waals surface area contributed by atoms with Crippen LogP contribution in [0, 0.1) is 0 Å². The van der Waals surface area contributed by atoms with Gasteiger partial charge in [-0.1, -0.05) is 59.3 Å². The van der Waals surface area contributed by atoms with E-state index in [4.69, 9.17) is 0 Å². The van der Waals surface area contributed by atoms with Crippen molar-refractivity contribution in [3.05, 3.63) is 52.8 Å². The lowest BCUT2D eigenvalue weighted by Gasteiger charge is -2.12. The largest absolute Gasteiger partial charge is 0.309 e. The minimum absolute atomic E-state index is 0.426. The van der Waals surface area contributed by atoms with Crippen molar-refractivity contribution in [1.29, 1.82) is 0 Å². The molecule has 0 spiro atoms. The zero-order valence-corrected chi connectivity index (χ0v) is 13.6. The normalized spacial score (nSPS) is 11.4. The van der Waals surface area contributed by atoms with Crippen molar-refractivity contribution in [2.24, 2.45) is 0 Å². The molecular formula is C16H17BrN4. The number of aromatic nitrogens is 3. The number of halogens is 1. The highest BCUT2D eigenvalue weighted by molar-refractivity contribution is 9.10. The van der Waals surface area contributed by atoms with Gasteiger partial charge < -0.3 is 5.32 Å². The van der Waals surface area contributed by atoms with E-state index in [1.807, 2.05) is 23.0 Å². The van der Waals surface area contributed by atoms with Crippen LogP contribution < -0.4 is 5.32 Å². The van der Waals surface area contributed by atoms with Crippen LogP contribution in [-0.2, 0) is 6.54 Å². The number of hydrogen-bond donors (Lipinski definition) is 1. The van der Waals surface area contributed by atoms with Gasteiger partial charge >= 0.3 is 0 Å². The van der Waals surface area contributed by atoms with Crippen molar-refractivity contribution in [1.82, 2.24) is 20.3 Å². The molecule has 0 aliphatic carbocycles. The van der Waals surface area contributed by atoms with Gasteiger partial charge in [-0.15, -0.1) is 5.10 Å². The molecule has 0 saturated heterocycles. The van der Waals surface area contributed by atoms with Crippen molar-refractivity contribution < 1.29 is 0 Å². The second kappa shape index (κ2) is 5.95. The molecule has 0 amide bonds. The number of nitrogens with one attached hydrogen (secondary N) is 1. The van der Waals surface area contributed by atoms with E-state index in [0.717, 1.165) is 27.8 Å². The van der Waals surface area contributed by atoms with E-state index in [2.05, 4.69) is 69.7 Å². The number of rotatable bonds is 4. The van der Waals surface area contributed by atoms with Crippen LogP contribution in [0.3, 0.4) is 0 Å². The van der Waals surface area contributed by atoms with Crippen molar-refractivity contribution in [3.63, 3.8) is 0 Å². The molecule has 1 heterocycles. The monoisotopic (exact) mass is 344 g/mol. The molecule has 0 atom stereocenters. The molecule has 21 heavy (non-hydrogen) atoms. The Morgan fingerprint density at radius 3 is 2.67 bits per heavy atom. The number of fused-ring (bicyclic) bond motifs is 1. The number of benzene rings is 2. The number of hydrogen-bond acceptors (Lipinski definition) is 3. The Morgan fingerprint density at radius 2 is 1.90 bits per heavy atom. The first-order valence-electron chi connectivity index (χ1n) is 6.97. The van der Waals surface area contributed by atoms with Gasteiger partial charge in [-0.3, -0.25) is 0 Å². The molecule has 4 nitrogen and oxygen atoms in total. The van der Waals surface area contributed by atoms with Gasteiger partial charge in [0.05, 0.1) is 17.6 Å². The zero-order valence-electron chi connectivity index (χ0n) is 12.0. The fourth-order valence-corrected chi connectivity index (χ4v) is 2.80. The highest BCUT2D eigenvalue weighted by Gasteiger charge is 2.11. The highest BCUT2D eigenvalue weighted by Crippen LogP contribution is 2.29. The van der Waals surface area contributed by atoms with Crippen LogP contribution in [0.1, 0.15) is 19.5 Å². The van der Waals surface area contributed by atoms with Gasteiger partial charge in [-0.2, -0.15) is 0 Å². The first kappa shape index (κ1) is 14.2. The molecule has 108 valence electrons. The van der Waals surface area contributed by atoms with Crippen molar-refractivity contribution in [2.75, 3.05) is 0 Å². The first-order chi connectivity index (χ1) is 10.2. The maximum atomic E-state index is 4.26. The molecule has 0 saturated carbocycles. The van der Waals surface area contributed by atoms with Crippen LogP contribution in [0.2, 0.25) is 0 Å². The Hall–Kier alpha value is -1.72. The van der Waals surface area contributed by atoms with Crippen LogP contribution in [0.4, 0.5) is 0 Å². The standard InChI is InChI=1S/C16H17BrN4/c1-11(2)18-9-12-10-19-20-21(12)16-8-7-15(17)13-5-3-4-6-14(13)16/h3-8,10-11,18H,9H2,1-2H3. The Morgan fingerprint density at radius 1 is 1.14 bits per heavy atom. The molecule has 0 aliphatic heterocycles. The summed E-state index contributed by atoms with van der Waals surface area (Å²) in [6.45, 7) is 5.00. The molecule has 0 fully saturated rings. The SMILES string of the molecule is CC(C)NCc1cnnn1-c1ccc(Br)c2ccccc12. The Bertz CT molecular complexity index is 764. The van der Waals surface area contributed by atoms with E-state index in [1.54, 1.807) is 0 Å². The fourth-order valence-electron chi connectivity index (χ4n) is 2.32. The average molecular weight is 345 g/mol. The summed E-state index contributed by atoms with van der Waals surface area (Å²) >= 11 is 3.60. The van der Waals surface area contributed by atoms with Crippen LogP contribution in [0.5, 0.6) is 0 Å². The molecule has 3 aromatic rings. The van der Waals surface area contributed by atoms with Gasteiger partial charge in [-0.25, -0.2) is 4.68 Å². The molecule has 0 aliphatic rings. The summed E-state index contributed by atoms with van der Waals surface area (Å²) < 4.78 is 2.99. The molecule has 1 aromatic heterocycles. The third kappa shape index (κ3) is 2.84. The van der Waals surface area contributed by atoms with Crippen LogP contribution in [0.25, 0.3) is 16.5 Å². The predicted octanol–water partition coefficient (Wildman–Crippen LogP) is 3.68. The van der Waals surface area contributed by atoms with E-state index in [0.29, 0.717) is 6.04 Å². The van der Waals surface area contributed by atoms with Gasteiger partial charge in [0.1, 0.15) is 0 Å². The van der Waals surface area contributed by atoms with Crippen molar-refractivity contribution in [2.45, 2.75) is 26.4 Å². The quantitative estimate of drug-likeness (QED) is 0.784. The maximum Gasteiger partial charge on any atom is 0.0784 e. The van der Waals surface area contributed by atoms with E-state index in [-0.39, 0.29) is 0 Å². The molecule has 1 N–H and O–H groups in total. The maximum absolute atomic E-state index is 4.26. The topological polar surface area (TPSA) is 42.7 Å². The molecular weight excluding hydrogens is 328 g/mol. The lowest BCUT2D eigenvalue weighted by molar-refractivity contribution is 0.570. The van der Waals surface area contributed by atoms with Gasteiger partial charge in [0.15, 0.2) is 0 Å². The van der Waals surface area contributed by atoms with E-state index in [1.165, 1.54) is 5.39 Å². The van der Waals surface area contributed by atoms with Crippen molar-refractivity contribution in [3.8, 4) is 5.69 Å². The molecule has 0 radical (unpaired) electrons. The summed E-state index contributed by atoms with van der Waals surface area (Å²) in [4.78, 5) is 0. The zero-order chi connectivity index (χ0) is 14.8. The summed E-state index contributed by atoms with van der Waals surface area (Å²) in [5.74, 6) is 0. The van der Waals surface area contributed by atoms with E-state index < -0.39 is 0 Å². The summed E-state index contributed by atoms with van der Waals surface area (Å²) in [6, 6.07) is 12.8. The van der Waals surface area contributed by atoms with Crippen LogP contribution >= 0.6 is 15.9 Å². The van der Waals surface area contributed by atoms with Crippen molar-refractivity contribution >= 4 is 26.7 Å². The highest BCUT2D eigenvalue weighted by atomic mass is 79.9. The molecule has 3 rings (SSSR count). The Balaban J connectivity index is 2.09. The minimum Gasteiger partial charge on any atom is -0.309 e. The molecule has 0 unspecified atom stereocenters. The molecule has 0 bridgehead atoms. The Labute approximate surface area is 132 Å². The van der Waals surface area contributed by atoms with Gasteiger partial charge in [0.25, 0.3) is 0 Å². The van der Waals surface area contributed by atoms with Gasteiger partial charge in [0.2, 0.25) is 0 Å². The van der Waals surface area contributed by atoms with E-state index >= 15 is 0 Å². The fraction of sp³-hybridized carbons (Fsp3) is 0.250. The third-order valence-corrected chi connectivity index (χ3v) is 4.08. The van der Waals surface area contributed by atoms with Crippen LogP contribution in [-0.4, -0.2) is 21.0 Å². The smallest absolute Gasteiger partial charge is 0.0784 e. The lowest BCUT2D eigenvalue weighted by atomic mass is 10.1. The first-order valence-corrected chi connectivity index (χ1v) is 7.76. The Kier molecular flexibility index (Phi) is 4.03. The second-order valence-electron chi connectivity index (χ2n) is 5.28. The van der Waals surface area contributed by atoms with Crippen LogP contribution in [0.15, 0.2) is 47.1 Å². The van der Waals surface area contributed by atoms with Gasteiger partial charge in [0, 0.05) is 22.4 Å². The second-order valence-corrected chi connectivity index (χ2v) is 6.14. The summed E-state index contributed by atoms with van der Waals surface area (Å²) in [5.41, 5.74) is 2.10. The molecule has 2 aromatic carbocycles. The van der Waals surface area contributed by atoms with Gasteiger partial charge in [-0.05, 0) is 17.5 Å². The lowest BCUT2D eigenvalue weighted by Crippen LogP contribution is -2.23. The average Bonchev–Trinajstić information content (AvgIpc) is 2.94. The minimum atomic E-state index is 0.426. The third-order valence-electron chi connectivity index (χ3n) is 3.39.